The van der Waals surface area contributed by atoms with Crippen LogP contribution in [0.5, 0.6) is 11.5 Å². The van der Waals surface area contributed by atoms with Crippen molar-refractivity contribution in [3.63, 3.8) is 0 Å². The van der Waals surface area contributed by atoms with E-state index in [2.05, 4.69) is 0 Å². The first-order chi connectivity index (χ1) is 10.2. The third-order valence-corrected chi connectivity index (χ3v) is 3.57. The normalized spacial score (nSPS) is 16.4. The predicted octanol–water partition coefficient (Wildman–Crippen LogP) is 3.01. The Hall–Kier alpha value is -2.07. The van der Waals surface area contributed by atoms with Crippen LogP contribution in [0.3, 0.4) is 0 Å². The second kappa shape index (κ2) is 5.74. The van der Waals surface area contributed by atoms with Gasteiger partial charge >= 0.3 is 0 Å². The molecule has 0 saturated carbocycles. The molecule has 0 aromatic heterocycles. The van der Waals surface area contributed by atoms with Crippen molar-refractivity contribution in [3.05, 3.63) is 58.9 Å². The molecule has 1 aliphatic rings. The first kappa shape index (κ1) is 13.9. The second-order valence-corrected chi connectivity index (χ2v) is 5.28. The summed E-state index contributed by atoms with van der Waals surface area (Å²) >= 11 is 0. The zero-order valence-corrected chi connectivity index (χ0v) is 11.8. The van der Waals surface area contributed by atoms with E-state index in [1.54, 1.807) is 6.07 Å². The summed E-state index contributed by atoms with van der Waals surface area (Å²) in [5.41, 5.74) is 2.71. The summed E-state index contributed by atoms with van der Waals surface area (Å²) in [6.45, 7) is 2.27. The molecule has 2 aromatic rings. The summed E-state index contributed by atoms with van der Waals surface area (Å²) in [5, 5.41) is 9.35. The molecule has 1 N–H and O–H groups in total. The number of aliphatic hydroxyl groups is 1. The third-order valence-electron chi connectivity index (χ3n) is 3.57. The smallest absolute Gasteiger partial charge is 0.137 e. The average molecular weight is 288 g/mol. The molecule has 1 unspecified atom stereocenters. The lowest BCUT2D eigenvalue weighted by atomic mass is 10.1. The highest BCUT2D eigenvalue weighted by atomic mass is 19.1. The van der Waals surface area contributed by atoms with Crippen molar-refractivity contribution in [2.24, 2.45) is 0 Å². The predicted molar refractivity (Wildman–Crippen MR) is 77.1 cm³/mol. The van der Waals surface area contributed by atoms with Crippen molar-refractivity contribution in [2.75, 3.05) is 6.61 Å². The van der Waals surface area contributed by atoms with Gasteiger partial charge < -0.3 is 14.6 Å². The number of aryl methyl sites for hydroxylation is 1. The molecule has 0 radical (unpaired) electrons. The van der Waals surface area contributed by atoms with Crippen LogP contribution in [0.1, 0.15) is 16.7 Å². The summed E-state index contributed by atoms with van der Waals surface area (Å²) in [6, 6.07) is 10.2. The van der Waals surface area contributed by atoms with E-state index in [-0.39, 0.29) is 18.5 Å². The summed E-state index contributed by atoms with van der Waals surface area (Å²) in [6.07, 6.45) is 0.502. The van der Waals surface area contributed by atoms with Crippen LogP contribution in [0, 0.1) is 12.7 Å². The Morgan fingerprint density at radius 1 is 1.29 bits per heavy atom. The molecule has 21 heavy (non-hydrogen) atoms. The molecule has 0 bridgehead atoms. The highest BCUT2D eigenvalue weighted by Crippen LogP contribution is 2.30. The van der Waals surface area contributed by atoms with Crippen molar-refractivity contribution in [1.29, 1.82) is 0 Å². The highest BCUT2D eigenvalue weighted by Gasteiger charge is 2.24. The monoisotopic (exact) mass is 288 g/mol. The van der Waals surface area contributed by atoms with Gasteiger partial charge in [-0.05, 0) is 31.2 Å². The van der Waals surface area contributed by atoms with Gasteiger partial charge in [-0.2, -0.15) is 0 Å². The summed E-state index contributed by atoms with van der Waals surface area (Å²) in [7, 11) is 0. The van der Waals surface area contributed by atoms with Crippen LogP contribution in [0.2, 0.25) is 0 Å². The van der Waals surface area contributed by atoms with Crippen LogP contribution in [0.15, 0.2) is 36.4 Å². The minimum absolute atomic E-state index is 0.0615. The van der Waals surface area contributed by atoms with Gasteiger partial charge in [-0.3, -0.25) is 0 Å². The zero-order chi connectivity index (χ0) is 14.8. The van der Waals surface area contributed by atoms with Gasteiger partial charge in [0.25, 0.3) is 0 Å². The highest BCUT2D eigenvalue weighted by molar-refractivity contribution is 5.39. The number of rotatable bonds is 4. The Bertz CT molecular complexity index is 654. The SMILES string of the molecule is Cc1ccc(OCC2Cc3cc(F)ccc3O2)c(CO)c1. The van der Waals surface area contributed by atoms with E-state index in [9.17, 15) is 9.50 Å². The lowest BCUT2D eigenvalue weighted by Gasteiger charge is -2.15. The number of ether oxygens (including phenoxy) is 2. The summed E-state index contributed by atoms with van der Waals surface area (Å²) < 4.78 is 24.6. The van der Waals surface area contributed by atoms with Gasteiger partial charge in [-0.1, -0.05) is 17.7 Å². The molecule has 0 saturated heterocycles. The molecular weight excluding hydrogens is 271 g/mol. The molecule has 2 aromatic carbocycles. The van der Waals surface area contributed by atoms with Crippen LogP contribution in [0.4, 0.5) is 4.39 Å². The maximum atomic E-state index is 13.2. The van der Waals surface area contributed by atoms with Gasteiger partial charge in [0.1, 0.15) is 30.0 Å². The molecule has 3 rings (SSSR count). The average Bonchev–Trinajstić information content (AvgIpc) is 2.87. The van der Waals surface area contributed by atoms with E-state index in [4.69, 9.17) is 9.47 Å². The largest absolute Gasteiger partial charge is 0.489 e. The first-order valence-corrected chi connectivity index (χ1v) is 6.94. The summed E-state index contributed by atoms with van der Waals surface area (Å²) in [5.74, 6) is 1.13. The summed E-state index contributed by atoms with van der Waals surface area (Å²) in [4.78, 5) is 0. The van der Waals surface area contributed by atoms with Gasteiger partial charge in [0.05, 0.1) is 6.61 Å². The molecule has 0 aliphatic carbocycles. The molecule has 1 atom stereocenters. The van der Waals surface area contributed by atoms with Crippen molar-refractivity contribution >= 4 is 0 Å². The van der Waals surface area contributed by atoms with Crippen molar-refractivity contribution < 1.29 is 19.0 Å². The van der Waals surface area contributed by atoms with E-state index >= 15 is 0 Å². The van der Waals surface area contributed by atoms with Gasteiger partial charge in [-0.15, -0.1) is 0 Å². The Morgan fingerprint density at radius 3 is 2.95 bits per heavy atom. The topological polar surface area (TPSA) is 38.7 Å². The maximum absolute atomic E-state index is 13.2. The molecule has 0 spiro atoms. The van der Waals surface area contributed by atoms with Crippen molar-refractivity contribution in [1.82, 2.24) is 0 Å². The van der Waals surface area contributed by atoms with E-state index in [0.717, 1.165) is 22.4 Å². The minimum atomic E-state index is -0.250. The quantitative estimate of drug-likeness (QED) is 0.940. The number of benzene rings is 2. The molecule has 1 heterocycles. The molecular formula is C17H17FO3. The molecule has 4 heteroatoms. The van der Waals surface area contributed by atoms with Crippen molar-refractivity contribution in [3.8, 4) is 11.5 Å². The standard InChI is InChI=1S/C17H17FO3/c1-11-2-4-16(13(6-11)9-19)20-10-15-8-12-7-14(18)3-5-17(12)21-15/h2-7,15,19H,8-10H2,1H3. The molecule has 1 aliphatic heterocycles. The number of halogens is 1. The maximum Gasteiger partial charge on any atom is 0.137 e. The van der Waals surface area contributed by atoms with Crippen molar-refractivity contribution in [2.45, 2.75) is 26.1 Å². The number of hydrogen-bond acceptors (Lipinski definition) is 3. The van der Waals surface area contributed by atoms with Gasteiger partial charge in [0.15, 0.2) is 0 Å². The Morgan fingerprint density at radius 2 is 2.14 bits per heavy atom. The third kappa shape index (κ3) is 3.00. The van der Waals surface area contributed by atoms with Gasteiger partial charge in [-0.25, -0.2) is 4.39 Å². The number of aliphatic hydroxyl groups excluding tert-OH is 1. The Kier molecular flexibility index (Phi) is 3.80. The number of hydrogen-bond donors (Lipinski definition) is 1. The van der Waals surface area contributed by atoms with Crippen LogP contribution < -0.4 is 9.47 Å². The molecule has 3 nitrogen and oxygen atoms in total. The minimum Gasteiger partial charge on any atom is -0.489 e. The second-order valence-electron chi connectivity index (χ2n) is 5.28. The van der Waals surface area contributed by atoms with Crippen LogP contribution in [-0.4, -0.2) is 17.8 Å². The van der Waals surface area contributed by atoms with E-state index in [1.807, 2.05) is 25.1 Å². The first-order valence-electron chi connectivity index (χ1n) is 6.94. The van der Waals surface area contributed by atoms with Crippen LogP contribution in [0.25, 0.3) is 0 Å². The lowest BCUT2D eigenvalue weighted by molar-refractivity contribution is 0.146. The van der Waals surface area contributed by atoms with E-state index in [0.29, 0.717) is 18.8 Å². The lowest BCUT2D eigenvalue weighted by Crippen LogP contribution is -2.22. The van der Waals surface area contributed by atoms with E-state index in [1.165, 1.54) is 12.1 Å². The molecule has 0 fully saturated rings. The fourth-order valence-corrected chi connectivity index (χ4v) is 2.54. The Balaban J connectivity index is 1.65. The Labute approximate surface area is 122 Å². The fourth-order valence-electron chi connectivity index (χ4n) is 2.54. The van der Waals surface area contributed by atoms with Crippen LogP contribution in [-0.2, 0) is 13.0 Å². The van der Waals surface area contributed by atoms with Gasteiger partial charge in [0.2, 0.25) is 0 Å². The van der Waals surface area contributed by atoms with Gasteiger partial charge in [0, 0.05) is 17.5 Å². The van der Waals surface area contributed by atoms with E-state index < -0.39 is 0 Å². The zero-order valence-electron chi connectivity index (χ0n) is 11.8. The molecule has 110 valence electrons. The fraction of sp³-hybridized carbons (Fsp3) is 0.294. The molecule has 0 amide bonds. The van der Waals surface area contributed by atoms with Crippen LogP contribution >= 0.6 is 0 Å². The number of fused-ring (bicyclic) bond motifs is 1.